The van der Waals surface area contributed by atoms with E-state index in [9.17, 15) is 0 Å². The number of benzene rings is 5. The standard InChI is InChI=1S/C18H15S.2C10H13I.C2H6/c1-4-10-16(11-5-1)19(17-12-6-2-7-13-17)18-14-8-3-9-15-18;2*1-10(2,3)8-4-6-9(11)7-5-8;1-2/h1-15H;2*4-7H,1-3H3;1-2H3/q+1;;;. The highest BCUT2D eigenvalue weighted by Gasteiger charge is 2.27. The largest absolute Gasteiger partial charge is 0.166 e. The van der Waals surface area contributed by atoms with Crippen molar-refractivity contribution >= 4 is 56.1 Å². The zero-order valence-electron chi connectivity index (χ0n) is 26.9. The highest BCUT2D eigenvalue weighted by atomic mass is 127. The van der Waals surface area contributed by atoms with E-state index in [1.165, 1.54) is 33.0 Å². The molecule has 0 aliphatic carbocycles. The third kappa shape index (κ3) is 13.2. The minimum absolute atomic E-state index is 0.0146. The second-order valence-electron chi connectivity index (χ2n) is 11.8. The van der Waals surface area contributed by atoms with E-state index in [2.05, 4.69) is 226 Å². The Morgan fingerprint density at radius 3 is 0.814 bits per heavy atom. The molecule has 0 N–H and O–H groups in total. The summed E-state index contributed by atoms with van der Waals surface area (Å²) in [4.78, 5) is 4.08. The fourth-order valence-corrected chi connectivity index (χ4v) is 6.80. The van der Waals surface area contributed by atoms with Crippen LogP contribution in [0.25, 0.3) is 0 Å². The maximum absolute atomic E-state index is 2.32. The molecule has 0 saturated heterocycles. The van der Waals surface area contributed by atoms with Gasteiger partial charge in [-0.05, 0) is 128 Å². The molecule has 0 aliphatic rings. The van der Waals surface area contributed by atoms with Gasteiger partial charge in [0.05, 0.1) is 10.9 Å². The number of hydrogen-bond donors (Lipinski definition) is 0. The Hall–Kier alpha value is -2.09. The summed E-state index contributed by atoms with van der Waals surface area (Å²) in [6.07, 6.45) is 0. The summed E-state index contributed by atoms with van der Waals surface area (Å²) in [6.45, 7) is 17.4. The van der Waals surface area contributed by atoms with E-state index in [-0.39, 0.29) is 21.7 Å². The van der Waals surface area contributed by atoms with E-state index in [4.69, 9.17) is 0 Å². The van der Waals surface area contributed by atoms with Gasteiger partial charge in [-0.25, -0.2) is 0 Å². The van der Waals surface area contributed by atoms with Crippen molar-refractivity contribution in [1.82, 2.24) is 0 Å². The lowest BCUT2D eigenvalue weighted by atomic mass is 9.87. The Bertz CT molecular complexity index is 1270. The maximum Gasteiger partial charge on any atom is 0.166 e. The van der Waals surface area contributed by atoms with E-state index in [0.29, 0.717) is 0 Å². The number of rotatable bonds is 3. The van der Waals surface area contributed by atoms with E-state index < -0.39 is 0 Å². The van der Waals surface area contributed by atoms with Crippen LogP contribution in [-0.4, -0.2) is 0 Å². The van der Waals surface area contributed by atoms with Crippen molar-refractivity contribution in [1.29, 1.82) is 0 Å². The molecule has 0 aliphatic heterocycles. The van der Waals surface area contributed by atoms with Gasteiger partial charge in [0.2, 0.25) is 0 Å². The summed E-state index contributed by atoms with van der Waals surface area (Å²) in [5, 5.41) is 0. The molecule has 0 fully saturated rings. The Balaban J connectivity index is 0.000000233. The van der Waals surface area contributed by atoms with Crippen LogP contribution in [0, 0.1) is 7.14 Å². The molecule has 0 nitrogen and oxygen atoms in total. The molecule has 0 unspecified atom stereocenters. The third-order valence-electron chi connectivity index (χ3n) is 6.36. The first-order valence-corrected chi connectivity index (χ1v) is 18.2. The van der Waals surface area contributed by atoms with Crippen molar-refractivity contribution in [2.24, 2.45) is 0 Å². The van der Waals surface area contributed by atoms with Crippen molar-refractivity contribution in [3.8, 4) is 0 Å². The second kappa shape index (κ2) is 18.7. The number of halogens is 2. The Labute approximate surface area is 292 Å². The van der Waals surface area contributed by atoms with Crippen LogP contribution in [0.3, 0.4) is 0 Å². The van der Waals surface area contributed by atoms with Gasteiger partial charge in [-0.1, -0.05) is 134 Å². The highest BCUT2D eigenvalue weighted by Crippen LogP contribution is 2.30. The molecule has 3 heteroatoms. The molecule has 43 heavy (non-hydrogen) atoms. The molecule has 0 radical (unpaired) electrons. The molecule has 0 spiro atoms. The molecule has 5 rings (SSSR count). The lowest BCUT2D eigenvalue weighted by molar-refractivity contribution is 0.590. The van der Waals surface area contributed by atoms with Crippen LogP contribution in [-0.2, 0) is 21.7 Å². The molecule has 5 aromatic carbocycles. The molecule has 0 aromatic heterocycles. The summed E-state index contributed by atoms with van der Waals surface area (Å²) in [6, 6.07) is 49.6. The zero-order chi connectivity index (χ0) is 31.9. The Kier molecular flexibility index (Phi) is 16.1. The van der Waals surface area contributed by atoms with Crippen LogP contribution in [0.2, 0.25) is 0 Å². The predicted octanol–water partition coefficient (Wildman–Crippen LogP) is 13.0. The van der Waals surface area contributed by atoms with Gasteiger partial charge in [0.15, 0.2) is 14.7 Å². The molecule has 226 valence electrons. The monoisotopic (exact) mass is 813 g/mol. The van der Waals surface area contributed by atoms with Crippen LogP contribution in [0.4, 0.5) is 0 Å². The van der Waals surface area contributed by atoms with Crippen LogP contribution in [0.1, 0.15) is 66.5 Å². The van der Waals surface area contributed by atoms with Gasteiger partial charge in [0.25, 0.3) is 0 Å². The van der Waals surface area contributed by atoms with Gasteiger partial charge < -0.3 is 0 Å². The van der Waals surface area contributed by atoms with Crippen LogP contribution in [0.5, 0.6) is 0 Å². The number of hydrogen-bond acceptors (Lipinski definition) is 0. The molecule has 0 heterocycles. The second-order valence-corrected chi connectivity index (χ2v) is 16.3. The van der Waals surface area contributed by atoms with Gasteiger partial charge in [-0.2, -0.15) is 0 Å². The smallest absolute Gasteiger partial charge is 0.0683 e. The summed E-state index contributed by atoms with van der Waals surface area (Å²) in [7, 11) is -0.0146. The van der Waals surface area contributed by atoms with Crippen LogP contribution in [0.15, 0.2) is 154 Å². The first kappa shape index (κ1) is 37.1. The molecule has 0 amide bonds. The molecule has 0 saturated carbocycles. The van der Waals surface area contributed by atoms with Gasteiger partial charge in [0.1, 0.15) is 0 Å². The van der Waals surface area contributed by atoms with Gasteiger partial charge in [-0.15, -0.1) is 0 Å². The predicted molar refractivity (Wildman–Crippen MR) is 209 cm³/mol. The van der Waals surface area contributed by atoms with Gasteiger partial charge in [-0.3, -0.25) is 0 Å². The van der Waals surface area contributed by atoms with Crippen molar-refractivity contribution in [3.05, 3.63) is 158 Å². The van der Waals surface area contributed by atoms with Crippen LogP contribution < -0.4 is 0 Å². The topological polar surface area (TPSA) is 0 Å². The lowest BCUT2D eigenvalue weighted by Gasteiger charge is -2.18. The Morgan fingerprint density at radius 2 is 0.605 bits per heavy atom. The maximum atomic E-state index is 2.32. The Morgan fingerprint density at radius 1 is 0.372 bits per heavy atom. The van der Waals surface area contributed by atoms with Gasteiger partial charge in [0, 0.05) is 7.14 Å². The average molecular weight is 814 g/mol. The van der Waals surface area contributed by atoms with Crippen molar-refractivity contribution in [2.45, 2.75) is 80.9 Å². The van der Waals surface area contributed by atoms with Crippen LogP contribution >= 0.6 is 45.2 Å². The average Bonchev–Trinajstić information content (AvgIpc) is 3.00. The summed E-state index contributed by atoms with van der Waals surface area (Å²) < 4.78 is 2.60. The molecule has 0 bridgehead atoms. The molecular formula is C40H47I2S+. The van der Waals surface area contributed by atoms with E-state index in [0.717, 1.165) is 0 Å². The van der Waals surface area contributed by atoms with Crippen molar-refractivity contribution in [2.75, 3.05) is 0 Å². The van der Waals surface area contributed by atoms with Crippen molar-refractivity contribution < 1.29 is 0 Å². The fourth-order valence-electron chi connectivity index (χ4n) is 3.98. The third-order valence-corrected chi connectivity index (χ3v) is 10.0. The van der Waals surface area contributed by atoms with E-state index in [1.807, 2.05) is 13.8 Å². The first-order chi connectivity index (χ1) is 20.4. The summed E-state index contributed by atoms with van der Waals surface area (Å²) in [5.74, 6) is 0. The summed E-state index contributed by atoms with van der Waals surface area (Å²) >= 11 is 4.65. The normalized spacial score (nSPS) is 10.8. The summed E-state index contributed by atoms with van der Waals surface area (Å²) in [5.41, 5.74) is 3.37. The minimum Gasteiger partial charge on any atom is -0.0683 e. The molecular weight excluding hydrogens is 766 g/mol. The minimum atomic E-state index is -0.0146. The molecule has 5 aromatic rings. The molecule has 0 atom stereocenters. The van der Waals surface area contributed by atoms with E-state index >= 15 is 0 Å². The SMILES string of the molecule is CC.CC(C)(C)c1ccc(I)cc1.CC(C)(C)c1ccc(I)cc1.c1ccc([S+](c2ccccc2)c2ccccc2)cc1. The van der Waals surface area contributed by atoms with Crippen molar-refractivity contribution in [3.63, 3.8) is 0 Å². The zero-order valence-corrected chi connectivity index (χ0v) is 32.1. The van der Waals surface area contributed by atoms with E-state index in [1.54, 1.807) is 0 Å². The quantitative estimate of drug-likeness (QED) is 0.126. The lowest BCUT2D eigenvalue weighted by Crippen LogP contribution is -2.10. The fraction of sp³-hybridized carbons (Fsp3) is 0.250. The van der Waals surface area contributed by atoms with Gasteiger partial charge >= 0.3 is 0 Å². The highest BCUT2D eigenvalue weighted by molar-refractivity contribution is 14.1. The first-order valence-electron chi connectivity index (χ1n) is 14.9.